The van der Waals surface area contributed by atoms with Crippen LogP contribution >= 0.6 is 0 Å². The van der Waals surface area contributed by atoms with Crippen molar-refractivity contribution in [1.82, 2.24) is 14.9 Å². The molecule has 0 aliphatic carbocycles. The van der Waals surface area contributed by atoms with Gasteiger partial charge in [0.15, 0.2) is 0 Å². The maximum atomic E-state index is 13.1. The van der Waals surface area contributed by atoms with Crippen molar-refractivity contribution in [2.75, 3.05) is 19.8 Å². The number of nitrogens with one attached hydrogen (secondary N) is 1. The van der Waals surface area contributed by atoms with Crippen LogP contribution in [0.2, 0.25) is 0 Å². The van der Waals surface area contributed by atoms with E-state index >= 15 is 0 Å². The minimum Gasteiger partial charge on any atom is -0.379 e. The molecule has 1 fully saturated rings. The number of carbonyl (C=O) groups excluding carboxylic acids is 1. The molecule has 3 aromatic rings. The van der Waals surface area contributed by atoms with Gasteiger partial charge in [-0.2, -0.15) is 0 Å². The van der Waals surface area contributed by atoms with Crippen LogP contribution < -0.4 is 0 Å². The Labute approximate surface area is 153 Å². The van der Waals surface area contributed by atoms with Gasteiger partial charge in [-0.25, -0.2) is 4.98 Å². The molecule has 0 spiro atoms. The van der Waals surface area contributed by atoms with Crippen molar-refractivity contribution >= 4 is 16.9 Å². The van der Waals surface area contributed by atoms with Crippen LogP contribution in [0.4, 0.5) is 0 Å². The number of benzene rings is 1. The lowest BCUT2D eigenvalue weighted by molar-refractivity contribution is -0.132. The molecule has 3 heterocycles. The number of fused-ring (bicyclic) bond motifs is 1. The number of amides is 1. The first-order valence-corrected chi connectivity index (χ1v) is 9.13. The zero-order valence-electron chi connectivity index (χ0n) is 14.7. The number of hydrogen-bond donors (Lipinski definition) is 1. The van der Waals surface area contributed by atoms with Crippen molar-refractivity contribution in [2.24, 2.45) is 0 Å². The molecule has 26 heavy (non-hydrogen) atoms. The molecule has 0 radical (unpaired) electrons. The van der Waals surface area contributed by atoms with Gasteiger partial charge in [-0.3, -0.25) is 4.79 Å². The Morgan fingerprint density at radius 2 is 2.12 bits per heavy atom. The lowest BCUT2D eigenvalue weighted by Crippen LogP contribution is -2.42. The van der Waals surface area contributed by atoms with Crippen LogP contribution in [0.25, 0.3) is 11.0 Å². The van der Waals surface area contributed by atoms with E-state index in [0.717, 1.165) is 42.6 Å². The highest BCUT2D eigenvalue weighted by Crippen LogP contribution is 2.20. The molecule has 1 amide bonds. The zero-order valence-corrected chi connectivity index (χ0v) is 14.7. The number of nitrogens with zero attached hydrogens (tertiary/aromatic N) is 2. The number of aromatic amines is 1. The first-order chi connectivity index (χ1) is 12.8. The number of carbonyl (C=O) groups is 1. The average Bonchev–Trinajstić information content (AvgIpc) is 3.34. The van der Waals surface area contributed by atoms with Crippen molar-refractivity contribution in [3.63, 3.8) is 0 Å². The molecule has 5 nitrogen and oxygen atoms in total. The third-order valence-corrected chi connectivity index (χ3v) is 5.03. The largest absolute Gasteiger partial charge is 0.379 e. The molecular weight excluding hydrogens is 326 g/mol. The van der Waals surface area contributed by atoms with Crippen LogP contribution in [0.3, 0.4) is 0 Å². The first-order valence-electron chi connectivity index (χ1n) is 9.13. The second kappa shape index (κ2) is 7.70. The smallest absolute Gasteiger partial charge is 0.227 e. The summed E-state index contributed by atoms with van der Waals surface area (Å²) < 4.78 is 5.54. The van der Waals surface area contributed by atoms with E-state index in [0.29, 0.717) is 13.0 Å². The Morgan fingerprint density at radius 1 is 1.23 bits per heavy atom. The summed E-state index contributed by atoms with van der Waals surface area (Å²) in [5.74, 6) is 0.154. The van der Waals surface area contributed by atoms with Crippen LogP contribution in [0.15, 0.2) is 54.9 Å². The maximum Gasteiger partial charge on any atom is 0.227 e. The molecule has 1 N–H and O–H groups in total. The van der Waals surface area contributed by atoms with E-state index in [2.05, 4.69) is 22.1 Å². The van der Waals surface area contributed by atoms with E-state index in [4.69, 9.17) is 4.74 Å². The number of pyridine rings is 1. The molecular formula is C21H23N3O2. The summed E-state index contributed by atoms with van der Waals surface area (Å²) >= 11 is 0. The van der Waals surface area contributed by atoms with Crippen LogP contribution in [0, 0.1) is 0 Å². The molecule has 0 bridgehead atoms. The summed E-state index contributed by atoms with van der Waals surface area (Å²) in [5.41, 5.74) is 3.08. The third kappa shape index (κ3) is 3.63. The number of ether oxygens (including phenoxy) is 1. The minimum atomic E-state index is 0.154. The second-order valence-electron chi connectivity index (χ2n) is 6.73. The summed E-state index contributed by atoms with van der Waals surface area (Å²) in [6, 6.07) is 14.4. The highest BCUT2D eigenvalue weighted by Gasteiger charge is 2.27. The first kappa shape index (κ1) is 16.8. The summed E-state index contributed by atoms with van der Waals surface area (Å²) in [7, 11) is 0. The summed E-state index contributed by atoms with van der Waals surface area (Å²) in [6.07, 6.45) is 5.81. The highest BCUT2D eigenvalue weighted by molar-refractivity contribution is 5.87. The summed E-state index contributed by atoms with van der Waals surface area (Å²) in [5, 5.41) is 1.02. The fraction of sp³-hybridized carbons (Fsp3) is 0.333. The third-order valence-electron chi connectivity index (χ3n) is 5.03. The molecule has 4 rings (SSSR count). The van der Waals surface area contributed by atoms with Crippen molar-refractivity contribution in [3.05, 3.63) is 66.0 Å². The molecule has 1 atom stereocenters. The van der Waals surface area contributed by atoms with Gasteiger partial charge in [-0.1, -0.05) is 30.3 Å². The second-order valence-corrected chi connectivity index (χ2v) is 6.73. The van der Waals surface area contributed by atoms with E-state index in [1.165, 1.54) is 5.56 Å². The van der Waals surface area contributed by atoms with Gasteiger partial charge in [0.2, 0.25) is 5.91 Å². The predicted octanol–water partition coefficient (Wildman–Crippen LogP) is 2.97. The quantitative estimate of drug-likeness (QED) is 0.744. The van der Waals surface area contributed by atoms with Crippen LogP contribution in [0.5, 0.6) is 0 Å². The van der Waals surface area contributed by atoms with Gasteiger partial charge in [-0.15, -0.1) is 0 Å². The number of rotatable bonds is 6. The Balaban J connectivity index is 1.50. The van der Waals surface area contributed by atoms with Gasteiger partial charge < -0.3 is 14.6 Å². The van der Waals surface area contributed by atoms with E-state index < -0.39 is 0 Å². The Hall–Kier alpha value is -2.66. The van der Waals surface area contributed by atoms with Gasteiger partial charge in [0.25, 0.3) is 0 Å². The van der Waals surface area contributed by atoms with E-state index in [9.17, 15) is 4.79 Å². The Morgan fingerprint density at radius 3 is 2.92 bits per heavy atom. The maximum absolute atomic E-state index is 13.1. The van der Waals surface area contributed by atoms with Crippen molar-refractivity contribution < 1.29 is 9.53 Å². The Kier molecular flexibility index (Phi) is 4.97. The Bertz CT molecular complexity index is 869. The molecule has 1 aliphatic heterocycles. The lowest BCUT2D eigenvalue weighted by Gasteiger charge is -2.28. The fourth-order valence-electron chi connectivity index (χ4n) is 3.60. The molecule has 0 unspecified atom stereocenters. The topological polar surface area (TPSA) is 58.2 Å². The van der Waals surface area contributed by atoms with E-state index in [-0.39, 0.29) is 11.9 Å². The van der Waals surface area contributed by atoms with Crippen LogP contribution in [-0.2, 0) is 22.4 Å². The van der Waals surface area contributed by atoms with Gasteiger partial charge in [0.1, 0.15) is 5.65 Å². The van der Waals surface area contributed by atoms with E-state index in [1.807, 2.05) is 41.4 Å². The number of aromatic nitrogens is 2. The SMILES string of the molecule is O=C(Cc1c[nH]c2ncccc12)N(CCc1ccccc1)[C@H]1CCOC1. The number of hydrogen-bond acceptors (Lipinski definition) is 3. The van der Waals surface area contributed by atoms with Crippen molar-refractivity contribution in [1.29, 1.82) is 0 Å². The minimum absolute atomic E-state index is 0.154. The molecule has 0 saturated carbocycles. The number of H-pyrrole nitrogens is 1. The van der Waals surface area contributed by atoms with Crippen LogP contribution in [-0.4, -0.2) is 46.6 Å². The fourth-order valence-corrected chi connectivity index (χ4v) is 3.60. The van der Waals surface area contributed by atoms with Gasteiger partial charge in [0, 0.05) is 30.9 Å². The normalized spacial score (nSPS) is 16.8. The molecule has 5 heteroatoms. The predicted molar refractivity (Wildman–Crippen MR) is 101 cm³/mol. The summed E-state index contributed by atoms with van der Waals surface area (Å²) in [6.45, 7) is 2.09. The molecule has 134 valence electrons. The van der Waals surface area contributed by atoms with Gasteiger partial charge in [-0.05, 0) is 36.1 Å². The van der Waals surface area contributed by atoms with Crippen molar-refractivity contribution in [2.45, 2.75) is 25.3 Å². The monoisotopic (exact) mass is 349 g/mol. The zero-order chi connectivity index (χ0) is 17.8. The van der Waals surface area contributed by atoms with Gasteiger partial charge >= 0.3 is 0 Å². The van der Waals surface area contributed by atoms with Gasteiger partial charge in [0.05, 0.1) is 19.1 Å². The standard InChI is InChI=1S/C21H23N3O2/c25-20(13-17-14-23-21-19(17)7-4-10-22-21)24(18-9-12-26-15-18)11-8-16-5-2-1-3-6-16/h1-7,10,14,18H,8-9,11-13,15H2,(H,22,23)/t18-/m0/s1. The van der Waals surface area contributed by atoms with Crippen molar-refractivity contribution in [3.8, 4) is 0 Å². The van der Waals surface area contributed by atoms with Crippen LogP contribution in [0.1, 0.15) is 17.5 Å². The molecule has 1 saturated heterocycles. The summed E-state index contributed by atoms with van der Waals surface area (Å²) in [4.78, 5) is 22.6. The molecule has 1 aliphatic rings. The molecule has 2 aromatic heterocycles. The van der Waals surface area contributed by atoms with E-state index in [1.54, 1.807) is 6.20 Å². The molecule has 1 aromatic carbocycles. The highest BCUT2D eigenvalue weighted by atomic mass is 16.5. The average molecular weight is 349 g/mol. The lowest BCUT2D eigenvalue weighted by atomic mass is 10.1.